The summed E-state index contributed by atoms with van der Waals surface area (Å²) in [6.45, 7) is 3.45. The summed E-state index contributed by atoms with van der Waals surface area (Å²) in [5.41, 5.74) is 1.79. The summed E-state index contributed by atoms with van der Waals surface area (Å²) < 4.78 is 5.58. The predicted molar refractivity (Wildman–Crippen MR) is 102 cm³/mol. The molecule has 0 saturated carbocycles. The van der Waals surface area contributed by atoms with Gasteiger partial charge in [-0.15, -0.1) is 0 Å². The van der Waals surface area contributed by atoms with Crippen molar-refractivity contribution in [2.45, 2.75) is 32.6 Å². The number of Topliss-reactive ketones (excluding diaryl/α,β-unsaturated/α-hetero) is 1. The molecule has 2 aromatic carbocycles. The van der Waals surface area contributed by atoms with Crippen molar-refractivity contribution < 1.29 is 24.2 Å². The lowest BCUT2D eigenvalue weighted by Crippen LogP contribution is -2.13. The third kappa shape index (κ3) is 6.26. The number of carboxylic acid groups (broad SMARTS) is 1. The van der Waals surface area contributed by atoms with Crippen molar-refractivity contribution in [2.24, 2.45) is 0 Å². The molecule has 6 nitrogen and oxygen atoms in total. The zero-order valence-corrected chi connectivity index (χ0v) is 15.4. The third-order valence-corrected chi connectivity index (χ3v) is 4.10. The van der Waals surface area contributed by atoms with Crippen LogP contribution in [0.25, 0.3) is 0 Å². The molecule has 0 heterocycles. The highest BCUT2D eigenvalue weighted by Crippen LogP contribution is 2.20. The van der Waals surface area contributed by atoms with E-state index in [2.05, 4.69) is 5.32 Å². The molecule has 2 rings (SSSR count). The Morgan fingerprint density at radius 2 is 1.85 bits per heavy atom. The fraction of sp³-hybridized carbons (Fsp3) is 0.286. The molecule has 0 aliphatic heterocycles. The average Bonchev–Trinajstić information content (AvgIpc) is 2.65. The standard InChI is InChI=1S/C21H23NO5/c1-14(21(25)26)16-6-3-8-18(12-16)22-20(24)10-5-11-27-19-9-4-7-17(13-19)15(2)23/h3-4,6-9,12-14H,5,10-11H2,1-2H3,(H,22,24)(H,25,26). The van der Waals surface area contributed by atoms with Crippen LogP contribution >= 0.6 is 0 Å². The molecule has 1 unspecified atom stereocenters. The highest BCUT2D eigenvalue weighted by Gasteiger charge is 2.14. The van der Waals surface area contributed by atoms with Crippen molar-refractivity contribution in [3.05, 3.63) is 59.7 Å². The molecule has 0 aliphatic carbocycles. The fourth-order valence-corrected chi connectivity index (χ4v) is 2.48. The number of amides is 1. The lowest BCUT2D eigenvalue weighted by molar-refractivity contribution is -0.138. The topological polar surface area (TPSA) is 92.7 Å². The van der Waals surface area contributed by atoms with Gasteiger partial charge < -0.3 is 15.2 Å². The maximum absolute atomic E-state index is 12.1. The maximum Gasteiger partial charge on any atom is 0.310 e. The summed E-state index contributed by atoms with van der Waals surface area (Å²) in [6, 6.07) is 13.7. The lowest BCUT2D eigenvalue weighted by Gasteiger charge is -2.10. The van der Waals surface area contributed by atoms with Gasteiger partial charge in [0.15, 0.2) is 5.78 Å². The van der Waals surface area contributed by atoms with E-state index in [1.807, 2.05) is 0 Å². The van der Waals surface area contributed by atoms with Gasteiger partial charge in [0, 0.05) is 17.7 Å². The first-order valence-corrected chi connectivity index (χ1v) is 8.73. The van der Waals surface area contributed by atoms with Crippen LogP contribution < -0.4 is 10.1 Å². The molecule has 0 bridgehead atoms. The highest BCUT2D eigenvalue weighted by atomic mass is 16.5. The summed E-state index contributed by atoms with van der Waals surface area (Å²) >= 11 is 0. The first kappa shape index (κ1) is 20.2. The molecule has 0 radical (unpaired) electrons. The molecule has 0 fully saturated rings. The van der Waals surface area contributed by atoms with E-state index in [1.165, 1.54) is 6.92 Å². The van der Waals surface area contributed by atoms with Gasteiger partial charge in [0.2, 0.25) is 5.91 Å². The van der Waals surface area contributed by atoms with Crippen LogP contribution in [0.2, 0.25) is 0 Å². The van der Waals surface area contributed by atoms with Crippen LogP contribution in [-0.4, -0.2) is 29.4 Å². The normalized spacial score (nSPS) is 11.5. The van der Waals surface area contributed by atoms with Gasteiger partial charge >= 0.3 is 5.97 Å². The number of nitrogens with one attached hydrogen (secondary N) is 1. The van der Waals surface area contributed by atoms with Crippen LogP contribution in [-0.2, 0) is 9.59 Å². The lowest BCUT2D eigenvalue weighted by atomic mass is 10.0. The summed E-state index contributed by atoms with van der Waals surface area (Å²) in [5.74, 6) is -1.15. The van der Waals surface area contributed by atoms with E-state index in [0.29, 0.717) is 35.6 Å². The SMILES string of the molecule is CC(=O)c1cccc(OCCCC(=O)Nc2cccc(C(C)C(=O)O)c2)c1. The van der Waals surface area contributed by atoms with Crippen molar-refractivity contribution in [1.82, 2.24) is 0 Å². The van der Waals surface area contributed by atoms with E-state index >= 15 is 0 Å². The van der Waals surface area contributed by atoms with Crippen LogP contribution in [0, 0.1) is 0 Å². The minimum Gasteiger partial charge on any atom is -0.494 e. The number of carboxylic acids is 1. The minimum atomic E-state index is -0.913. The summed E-state index contributed by atoms with van der Waals surface area (Å²) in [5, 5.41) is 11.8. The van der Waals surface area contributed by atoms with Crippen molar-refractivity contribution in [1.29, 1.82) is 0 Å². The molecule has 6 heteroatoms. The molecule has 2 aromatic rings. The largest absolute Gasteiger partial charge is 0.494 e. The Balaban J connectivity index is 1.80. The molecule has 0 aliphatic rings. The molecule has 0 spiro atoms. The van der Waals surface area contributed by atoms with Crippen molar-refractivity contribution >= 4 is 23.3 Å². The Hall–Kier alpha value is -3.15. The van der Waals surface area contributed by atoms with E-state index in [9.17, 15) is 14.4 Å². The monoisotopic (exact) mass is 369 g/mol. The Morgan fingerprint density at radius 1 is 1.11 bits per heavy atom. The number of carbonyl (C=O) groups is 3. The second-order valence-electron chi connectivity index (χ2n) is 6.27. The Kier molecular flexibility index (Phi) is 7.11. The number of carbonyl (C=O) groups excluding carboxylic acids is 2. The van der Waals surface area contributed by atoms with Crippen LogP contribution in [0.3, 0.4) is 0 Å². The molecule has 0 saturated heterocycles. The van der Waals surface area contributed by atoms with Gasteiger partial charge in [-0.1, -0.05) is 24.3 Å². The molecular weight excluding hydrogens is 346 g/mol. The van der Waals surface area contributed by atoms with E-state index in [4.69, 9.17) is 9.84 Å². The van der Waals surface area contributed by atoms with Gasteiger partial charge in [0.1, 0.15) is 5.75 Å². The van der Waals surface area contributed by atoms with Crippen LogP contribution in [0.4, 0.5) is 5.69 Å². The number of ether oxygens (including phenoxy) is 1. The predicted octanol–water partition coefficient (Wildman–Crippen LogP) is 3.88. The summed E-state index contributed by atoms with van der Waals surface area (Å²) in [7, 11) is 0. The average molecular weight is 369 g/mol. The zero-order chi connectivity index (χ0) is 19.8. The Morgan fingerprint density at radius 3 is 2.56 bits per heavy atom. The zero-order valence-electron chi connectivity index (χ0n) is 15.4. The van der Waals surface area contributed by atoms with Gasteiger partial charge in [-0.05, 0) is 50.1 Å². The minimum absolute atomic E-state index is 0.0284. The molecular formula is C21H23NO5. The molecule has 0 aromatic heterocycles. The smallest absolute Gasteiger partial charge is 0.310 e. The molecule has 1 amide bonds. The number of benzene rings is 2. The van der Waals surface area contributed by atoms with Gasteiger partial charge in [0.05, 0.1) is 12.5 Å². The van der Waals surface area contributed by atoms with E-state index < -0.39 is 11.9 Å². The number of ketones is 1. The van der Waals surface area contributed by atoms with Gasteiger partial charge in [-0.2, -0.15) is 0 Å². The number of rotatable bonds is 9. The second-order valence-corrected chi connectivity index (χ2v) is 6.27. The van der Waals surface area contributed by atoms with Gasteiger partial charge in [-0.25, -0.2) is 0 Å². The van der Waals surface area contributed by atoms with Gasteiger partial charge in [-0.3, -0.25) is 14.4 Å². The summed E-state index contributed by atoms with van der Waals surface area (Å²) in [4.78, 5) is 34.5. The first-order valence-electron chi connectivity index (χ1n) is 8.73. The maximum atomic E-state index is 12.1. The van der Waals surface area contributed by atoms with Crippen molar-refractivity contribution in [3.8, 4) is 5.75 Å². The van der Waals surface area contributed by atoms with Crippen LogP contribution in [0.15, 0.2) is 48.5 Å². The van der Waals surface area contributed by atoms with E-state index in [0.717, 1.165) is 0 Å². The Labute approximate surface area is 158 Å². The van der Waals surface area contributed by atoms with Crippen LogP contribution in [0.5, 0.6) is 5.75 Å². The quantitative estimate of drug-likeness (QED) is 0.517. The van der Waals surface area contributed by atoms with Crippen LogP contribution in [0.1, 0.15) is 48.5 Å². The number of anilines is 1. The Bertz CT molecular complexity index is 831. The number of aliphatic carboxylic acids is 1. The second kappa shape index (κ2) is 9.52. The highest BCUT2D eigenvalue weighted by molar-refractivity contribution is 5.94. The fourth-order valence-electron chi connectivity index (χ4n) is 2.48. The summed E-state index contributed by atoms with van der Waals surface area (Å²) in [6.07, 6.45) is 0.784. The number of hydrogen-bond acceptors (Lipinski definition) is 4. The van der Waals surface area contributed by atoms with Gasteiger partial charge in [0.25, 0.3) is 0 Å². The first-order chi connectivity index (χ1) is 12.9. The molecule has 2 N–H and O–H groups in total. The third-order valence-electron chi connectivity index (χ3n) is 4.10. The molecule has 142 valence electrons. The van der Waals surface area contributed by atoms with Crippen molar-refractivity contribution in [2.75, 3.05) is 11.9 Å². The number of hydrogen-bond donors (Lipinski definition) is 2. The molecule has 1 atom stereocenters. The van der Waals surface area contributed by atoms with Crippen molar-refractivity contribution in [3.63, 3.8) is 0 Å². The molecule has 27 heavy (non-hydrogen) atoms. The van der Waals surface area contributed by atoms with E-state index in [-0.39, 0.29) is 18.1 Å². The van der Waals surface area contributed by atoms with E-state index in [1.54, 1.807) is 55.5 Å².